The Hall–Kier alpha value is -1.94. The van der Waals surface area contributed by atoms with E-state index in [4.69, 9.17) is 21.9 Å². The Morgan fingerprint density at radius 2 is 1.81 bits per heavy atom. The van der Waals surface area contributed by atoms with Gasteiger partial charge in [-0.1, -0.05) is 6.08 Å². The van der Waals surface area contributed by atoms with Gasteiger partial charge in [-0.25, -0.2) is 0 Å². The zero-order valence-corrected chi connectivity index (χ0v) is 8.89. The van der Waals surface area contributed by atoms with Gasteiger partial charge < -0.3 is 16.2 Å². The van der Waals surface area contributed by atoms with Crippen LogP contribution in [0.2, 0.25) is 0 Å². The predicted molar refractivity (Wildman–Crippen MR) is 64.4 cm³/mol. The highest BCUT2D eigenvalue weighted by atomic mass is 16.5. The van der Waals surface area contributed by atoms with Gasteiger partial charge in [0.15, 0.2) is 5.72 Å². The molecule has 16 heavy (non-hydrogen) atoms. The Morgan fingerprint density at radius 1 is 1.12 bits per heavy atom. The van der Waals surface area contributed by atoms with E-state index in [1.165, 1.54) is 0 Å². The van der Waals surface area contributed by atoms with Crippen molar-refractivity contribution in [2.45, 2.75) is 12.1 Å². The quantitative estimate of drug-likeness (QED) is 0.511. The third kappa shape index (κ3) is 2.35. The van der Waals surface area contributed by atoms with Crippen LogP contribution in [0, 0.1) is 0 Å². The average molecular weight is 217 g/mol. The van der Waals surface area contributed by atoms with Crippen molar-refractivity contribution in [3.63, 3.8) is 0 Å². The minimum Gasteiger partial charge on any atom is -0.469 e. The fraction of sp³-hybridized carbons (Fsp3) is 0.167. The zero-order valence-electron chi connectivity index (χ0n) is 8.89. The molecule has 0 fully saturated rings. The lowest BCUT2D eigenvalue weighted by molar-refractivity contribution is 0.126. The lowest BCUT2D eigenvalue weighted by Crippen LogP contribution is -2.45. The second kappa shape index (κ2) is 3.90. The van der Waals surface area contributed by atoms with Gasteiger partial charge in [-0.15, -0.1) is 0 Å². The highest BCUT2D eigenvalue weighted by molar-refractivity contribution is 5.42. The summed E-state index contributed by atoms with van der Waals surface area (Å²) in [5, 5.41) is 0. The Bertz CT molecular complexity index is 436. The summed E-state index contributed by atoms with van der Waals surface area (Å²) < 4.78 is 5.68. The summed E-state index contributed by atoms with van der Waals surface area (Å²) in [6, 6.07) is 7.10. The molecule has 0 bridgehead atoms. The van der Waals surface area contributed by atoms with E-state index in [1.54, 1.807) is 36.4 Å². The maximum absolute atomic E-state index is 6.06. The van der Waals surface area contributed by atoms with Gasteiger partial charge in [-0.05, 0) is 36.4 Å². The molecule has 1 atom stereocenters. The normalized spacial score (nSPS) is 23.9. The summed E-state index contributed by atoms with van der Waals surface area (Å²) in [6.07, 6.45) is 5.89. The Labute approximate surface area is 94.4 Å². The van der Waals surface area contributed by atoms with E-state index < -0.39 is 5.72 Å². The fourth-order valence-electron chi connectivity index (χ4n) is 1.60. The van der Waals surface area contributed by atoms with Crippen LogP contribution in [-0.4, -0.2) is 5.72 Å². The van der Waals surface area contributed by atoms with E-state index in [2.05, 4.69) is 0 Å². The molecule has 2 rings (SSSR count). The Balaban J connectivity index is 2.13. The lowest BCUT2D eigenvalue weighted by Gasteiger charge is -2.29. The molecule has 6 N–H and O–H groups in total. The molecule has 1 aromatic rings. The zero-order chi connectivity index (χ0) is 11.6. The van der Waals surface area contributed by atoms with Crippen LogP contribution in [0.5, 0.6) is 5.75 Å². The van der Waals surface area contributed by atoms with E-state index in [9.17, 15) is 0 Å². The maximum Gasteiger partial charge on any atom is 0.183 e. The number of anilines is 1. The van der Waals surface area contributed by atoms with E-state index in [1.807, 2.05) is 6.08 Å². The van der Waals surface area contributed by atoms with Crippen LogP contribution in [0.15, 0.2) is 48.2 Å². The van der Waals surface area contributed by atoms with Crippen LogP contribution in [0.1, 0.15) is 6.42 Å². The van der Waals surface area contributed by atoms with Crippen molar-refractivity contribution in [3.8, 4) is 5.75 Å². The van der Waals surface area contributed by atoms with Gasteiger partial charge in [0.2, 0.25) is 0 Å². The molecule has 1 aromatic carbocycles. The second-order valence-electron chi connectivity index (χ2n) is 3.90. The van der Waals surface area contributed by atoms with Crippen LogP contribution in [0.25, 0.3) is 0 Å². The molecule has 4 nitrogen and oxygen atoms in total. The first-order valence-electron chi connectivity index (χ1n) is 5.05. The van der Waals surface area contributed by atoms with Gasteiger partial charge in [0.25, 0.3) is 0 Å². The monoisotopic (exact) mass is 217 g/mol. The Morgan fingerprint density at radius 3 is 2.44 bits per heavy atom. The summed E-state index contributed by atoms with van der Waals surface area (Å²) in [5.74, 6) is 0.677. The maximum atomic E-state index is 6.06. The Kier molecular flexibility index (Phi) is 2.58. The van der Waals surface area contributed by atoms with Crippen LogP contribution in [0.3, 0.4) is 0 Å². The van der Waals surface area contributed by atoms with Crippen LogP contribution in [-0.2, 0) is 0 Å². The first-order valence-corrected chi connectivity index (χ1v) is 5.05. The number of hydrogen-bond acceptors (Lipinski definition) is 4. The van der Waals surface area contributed by atoms with E-state index >= 15 is 0 Å². The molecule has 0 heterocycles. The minimum absolute atomic E-state index is 0.480. The summed E-state index contributed by atoms with van der Waals surface area (Å²) in [7, 11) is 0. The highest BCUT2D eigenvalue weighted by Crippen LogP contribution is 2.23. The van der Waals surface area contributed by atoms with Crippen LogP contribution >= 0.6 is 0 Å². The molecule has 0 saturated carbocycles. The molecule has 0 aliphatic heterocycles. The molecule has 1 aliphatic rings. The molecule has 0 radical (unpaired) electrons. The molecule has 1 aliphatic carbocycles. The van der Waals surface area contributed by atoms with E-state index in [0.29, 0.717) is 23.6 Å². The topological polar surface area (TPSA) is 87.3 Å². The van der Waals surface area contributed by atoms with Gasteiger partial charge in [0.05, 0.1) is 0 Å². The van der Waals surface area contributed by atoms with Crippen molar-refractivity contribution in [1.82, 2.24) is 0 Å². The predicted octanol–water partition coefficient (Wildman–Crippen LogP) is 1.11. The summed E-state index contributed by atoms with van der Waals surface area (Å²) in [4.78, 5) is 0. The minimum atomic E-state index is -0.866. The summed E-state index contributed by atoms with van der Waals surface area (Å²) >= 11 is 0. The molecule has 0 saturated heterocycles. The summed E-state index contributed by atoms with van der Waals surface area (Å²) in [5.41, 5.74) is 17.9. The van der Waals surface area contributed by atoms with Crippen LogP contribution < -0.4 is 21.9 Å². The SMILES string of the molecule is NC1=CC=CC(N)(Oc2ccc(N)cc2)C1. The molecular weight excluding hydrogens is 202 g/mol. The number of nitrogen functional groups attached to an aromatic ring is 1. The van der Waals surface area contributed by atoms with Gasteiger partial charge in [0.1, 0.15) is 5.75 Å². The van der Waals surface area contributed by atoms with E-state index in [0.717, 1.165) is 0 Å². The molecule has 1 unspecified atom stereocenters. The number of ether oxygens (including phenoxy) is 1. The average Bonchev–Trinajstić information content (AvgIpc) is 2.21. The molecule has 84 valence electrons. The number of hydrogen-bond donors (Lipinski definition) is 3. The highest BCUT2D eigenvalue weighted by Gasteiger charge is 2.26. The van der Waals surface area contributed by atoms with Crippen molar-refractivity contribution in [3.05, 3.63) is 48.2 Å². The lowest BCUT2D eigenvalue weighted by atomic mass is 10.0. The largest absolute Gasteiger partial charge is 0.469 e. The van der Waals surface area contributed by atoms with Crippen molar-refractivity contribution in [2.75, 3.05) is 5.73 Å². The fourth-order valence-corrected chi connectivity index (χ4v) is 1.60. The van der Waals surface area contributed by atoms with Gasteiger partial charge in [-0.3, -0.25) is 5.73 Å². The van der Waals surface area contributed by atoms with Crippen molar-refractivity contribution in [2.24, 2.45) is 11.5 Å². The molecule has 0 spiro atoms. The number of rotatable bonds is 2. The van der Waals surface area contributed by atoms with Crippen molar-refractivity contribution in [1.29, 1.82) is 0 Å². The van der Waals surface area contributed by atoms with Crippen molar-refractivity contribution >= 4 is 5.69 Å². The van der Waals surface area contributed by atoms with Gasteiger partial charge >= 0.3 is 0 Å². The van der Waals surface area contributed by atoms with E-state index in [-0.39, 0.29) is 0 Å². The smallest absolute Gasteiger partial charge is 0.183 e. The van der Waals surface area contributed by atoms with Gasteiger partial charge in [0, 0.05) is 17.8 Å². The standard InChI is InChI=1S/C12H15N3O/c13-9-3-5-11(6-4-9)16-12(15)7-1-2-10(14)8-12/h1-7H,8,13-15H2. The molecule has 4 heteroatoms. The van der Waals surface area contributed by atoms with Crippen LogP contribution in [0.4, 0.5) is 5.69 Å². The molecular formula is C12H15N3O. The second-order valence-corrected chi connectivity index (χ2v) is 3.90. The third-order valence-corrected chi connectivity index (χ3v) is 2.36. The summed E-state index contributed by atoms with van der Waals surface area (Å²) in [6.45, 7) is 0. The number of benzene rings is 1. The molecule has 0 amide bonds. The molecule has 0 aromatic heterocycles. The number of nitrogens with two attached hydrogens (primary N) is 3. The third-order valence-electron chi connectivity index (χ3n) is 2.36. The van der Waals surface area contributed by atoms with Gasteiger partial charge in [-0.2, -0.15) is 0 Å². The number of allylic oxidation sites excluding steroid dienone is 2. The van der Waals surface area contributed by atoms with Crippen molar-refractivity contribution < 1.29 is 4.74 Å². The first-order chi connectivity index (χ1) is 7.57. The first kappa shape index (κ1) is 10.6.